The van der Waals surface area contributed by atoms with Crippen LogP contribution in [-0.4, -0.2) is 13.3 Å². The highest BCUT2D eigenvalue weighted by Crippen LogP contribution is 2.44. The van der Waals surface area contributed by atoms with Crippen LogP contribution in [0.3, 0.4) is 0 Å². The molecule has 1 aliphatic rings. The van der Waals surface area contributed by atoms with Crippen molar-refractivity contribution in [3.63, 3.8) is 0 Å². The first kappa shape index (κ1) is 22.5. The lowest BCUT2D eigenvalue weighted by molar-refractivity contribution is 1.18. The number of benzene rings is 1. The van der Waals surface area contributed by atoms with Gasteiger partial charge in [-0.15, -0.1) is 45.3 Å². The van der Waals surface area contributed by atoms with Crippen molar-refractivity contribution in [3.8, 4) is 6.07 Å². The molecule has 4 aromatic heterocycles. The van der Waals surface area contributed by atoms with Gasteiger partial charge < -0.3 is 15.6 Å². The third kappa shape index (κ3) is 3.30. The molecule has 35 heavy (non-hydrogen) atoms. The summed E-state index contributed by atoms with van der Waals surface area (Å²) in [5.74, 6) is 1.16. The molecule has 1 aromatic carbocycles. The molecular formula is C27H22N4S4. The molecule has 0 amide bonds. The van der Waals surface area contributed by atoms with Crippen molar-refractivity contribution in [2.45, 2.75) is 27.7 Å². The first-order chi connectivity index (χ1) is 16.8. The predicted octanol–water partition coefficient (Wildman–Crippen LogP) is 6.71. The molecule has 0 saturated carbocycles. The zero-order chi connectivity index (χ0) is 24.6. The van der Waals surface area contributed by atoms with Crippen LogP contribution in [-0.2, 0) is 0 Å². The third-order valence-electron chi connectivity index (χ3n) is 6.99. The molecule has 0 radical (unpaired) electrons. The van der Waals surface area contributed by atoms with E-state index in [1.165, 1.54) is 66.0 Å². The minimum absolute atomic E-state index is 0.421. The van der Waals surface area contributed by atoms with Crippen LogP contribution in [0.5, 0.6) is 0 Å². The quantitative estimate of drug-likeness (QED) is 0.237. The number of rotatable bonds is 1. The van der Waals surface area contributed by atoms with Gasteiger partial charge in [-0.1, -0.05) is 0 Å². The molecule has 2 N–H and O–H groups in total. The van der Waals surface area contributed by atoms with E-state index in [2.05, 4.69) is 69.2 Å². The van der Waals surface area contributed by atoms with E-state index in [4.69, 9.17) is 5.41 Å². The zero-order valence-electron chi connectivity index (χ0n) is 19.9. The fraction of sp³-hybridized carbons (Fsp3) is 0.185. The summed E-state index contributed by atoms with van der Waals surface area (Å²) < 4.78 is 9.63. The van der Waals surface area contributed by atoms with Gasteiger partial charge in [0.2, 0.25) is 0 Å². The van der Waals surface area contributed by atoms with Gasteiger partial charge in [0.15, 0.2) is 0 Å². The van der Waals surface area contributed by atoms with E-state index in [0.717, 1.165) is 16.6 Å². The molecule has 4 nitrogen and oxygen atoms in total. The van der Waals surface area contributed by atoms with Crippen LogP contribution in [0.1, 0.15) is 22.3 Å². The zero-order valence-corrected chi connectivity index (χ0v) is 23.2. The van der Waals surface area contributed by atoms with Crippen LogP contribution in [0.25, 0.3) is 30.2 Å². The third-order valence-corrected chi connectivity index (χ3v) is 11.8. The summed E-state index contributed by atoms with van der Waals surface area (Å²) in [5, 5.41) is 20.4. The minimum Gasteiger partial charge on any atom is -0.339 e. The number of fused-ring (bicyclic) bond motifs is 3. The smallest absolute Gasteiger partial charge is 0.128 e. The summed E-state index contributed by atoms with van der Waals surface area (Å²) in [4.78, 5) is 2.31. The molecule has 0 atom stereocenters. The summed E-state index contributed by atoms with van der Waals surface area (Å²) in [6.45, 7) is 8.86. The Bertz CT molecular complexity index is 1900. The molecule has 5 aromatic rings. The fourth-order valence-electron chi connectivity index (χ4n) is 4.73. The maximum Gasteiger partial charge on any atom is 0.128 e. The van der Waals surface area contributed by atoms with E-state index in [9.17, 15) is 5.26 Å². The van der Waals surface area contributed by atoms with E-state index in [-0.39, 0.29) is 0 Å². The average molecular weight is 531 g/mol. The van der Waals surface area contributed by atoms with E-state index in [0.29, 0.717) is 5.57 Å². The number of anilines is 2. The molecule has 0 spiro atoms. The van der Waals surface area contributed by atoms with Crippen LogP contribution in [0.4, 0.5) is 11.4 Å². The second kappa shape index (κ2) is 8.04. The monoisotopic (exact) mass is 530 g/mol. The number of hydrogen-bond donors (Lipinski definition) is 2. The molecule has 0 bridgehead atoms. The highest BCUT2D eigenvalue weighted by Gasteiger charge is 2.27. The number of nitrogens with one attached hydrogen (secondary N) is 2. The second-order valence-corrected chi connectivity index (χ2v) is 13.2. The van der Waals surface area contributed by atoms with Crippen LogP contribution in [0.2, 0.25) is 0 Å². The van der Waals surface area contributed by atoms with Crippen molar-refractivity contribution in [2.24, 2.45) is 0 Å². The molecule has 5 heterocycles. The molecule has 0 fully saturated rings. The lowest BCUT2D eigenvalue weighted by atomic mass is 9.96. The van der Waals surface area contributed by atoms with Gasteiger partial charge in [0.05, 0.1) is 21.5 Å². The largest absolute Gasteiger partial charge is 0.339 e. The Morgan fingerprint density at radius 2 is 1.37 bits per heavy atom. The lowest BCUT2D eigenvalue weighted by Gasteiger charge is -2.18. The predicted molar refractivity (Wildman–Crippen MR) is 155 cm³/mol. The number of hydrogen-bond acceptors (Lipinski definition) is 8. The highest BCUT2D eigenvalue weighted by atomic mass is 32.1. The summed E-state index contributed by atoms with van der Waals surface area (Å²) in [6.07, 6.45) is 1.14. The second-order valence-electron chi connectivity index (χ2n) is 8.83. The molecule has 1 aliphatic heterocycles. The Kier molecular flexibility index (Phi) is 5.17. The van der Waals surface area contributed by atoms with E-state index in [1.807, 2.05) is 28.7 Å². The molecule has 6 rings (SSSR count). The summed E-state index contributed by atoms with van der Waals surface area (Å²) in [6, 6.07) is 11.0. The van der Waals surface area contributed by atoms with Crippen LogP contribution >= 0.6 is 45.3 Å². The standard InChI is InChI=1S/C27H22N4S4/c1-12-13(2)15(4)26-25(14(12)3)30-27(31(26)5)24-9-23-22(35-24)8-21(34-23)20-7-19-18(33-20)6-17(32-19)16(10-28)11-29/h6-10,28,30H,1-5H3/b17-16+,21-20+,27-24+,28-10?. The van der Waals surface area contributed by atoms with Gasteiger partial charge in [-0.25, -0.2) is 0 Å². The molecular weight excluding hydrogens is 509 g/mol. The molecule has 8 heteroatoms. The van der Waals surface area contributed by atoms with Gasteiger partial charge in [-0.05, 0) is 74.2 Å². The van der Waals surface area contributed by atoms with Gasteiger partial charge >= 0.3 is 0 Å². The number of nitriles is 1. The van der Waals surface area contributed by atoms with Gasteiger partial charge in [-0.2, -0.15) is 5.26 Å². The maximum absolute atomic E-state index is 9.22. The van der Waals surface area contributed by atoms with E-state index < -0.39 is 0 Å². The Labute approximate surface area is 218 Å². The lowest BCUT2D eigenvalue weighted by Crippen LogP contribution is -2.20. The maximum atomic E-state index is 9.22. The van der Waals surface area contributed by atoms with Crippen molar-refractivity contribution < 1.29 is 0 Å². The molecule has 0 unspecified atom stereocenters. The minimum atomic E-state index is 0.421. The van der Waals surface area contributed by atoms with Crippen LogP contribution < -0.4 is 19.3 Å². The summed E-state index contributed by atoms with van der Waals surface area (Å²) in [5.41, 5.74) is 8.35. The van der Waals surface area contributed by atoms with Crippen LogP contribution in [0.15, 0.2) is 24.3 Å². The van der Waals surface area contributed by atoms with Crippen LogP contribution in [0, 0.1) is 53.5 Å². The first-order valence-corrected chi connectivity index (χ1v) is 14.4. The summed E-state index contributed by atoms with van der Waals surface area (Å²) >= 11 is 7.02. The molecule has 0 aliphatic carbocycles. The Balaban J connectivity index is 1.48. The number of thiophene rings is 4. The SMILES string of the molecule is Cc1c(C)c(C)c2c(c1C)N/C(=c1/cc3s/c(=c4\cc5s/c(=C(/C#N)C=N)cc5s4)cc3s1)N2C. The normalized spacial score (nSPS) is 16.5. The van der Waals surface area contributed by atoms with Crippen molar-refractivity contribution >= 4 is 93.1 Å². The van der Waals surface area contributed by atoms with E-state index >= 15 is 0 Å². The van der Waals surface area contributed by atoms with Crippen molar-refractivity contribution in [1.82, 2.24) is 0 Å². The van der Waals surface area contributed by atoms with Gasteiger partial charge in [-0.3, -0.25) is 0 Å². The Hall–Kier alpha value is -2.96. The first-order valence-electron chi connectivity index (χ1n) is 11.1. The molecule has 174 valence electrons. The summed E-state index contributed by atoms with van der Waals surface area (Å²) in [7, 11) is 2.16. The topological polar surface area (TPSA) is 62.9 Å². The van der Waals surface area contributed by atoms with Gasteiger partial charge in [0, 0.05) is 45.7 Å². The van der Waals surface area contributed by atoms with E-state index in [1.54, 1.807) is 22.7 Å². The van der Waals surface area contributed by atoms with Gasteiger partial charge in [0.25, 0.3) is 0 Å². The van der Waals surface area contributed by atoms with Crippen molar-refractivity contribution in [3.05, 3.63) is 64.6 Å². The Morgan fingerprint density at radius 3 is 1.97 bits per heavy atom. The number of nitrogens with zero attached hydrogens (tertiary/aromatic N) is 2. The highest BCUT2D eigenvalue weighted by molar-refractivity contribution is 7.28. The fourth-order valence-corrected chi connectivity index (χ4v) is 9.59. The van der Waals surface area contributed by atoms with Crippen molar-refractivity contribution in [2.75, 3.05) is 17.3 Å². The average Bonchev–Trinajstić information content (AvgIpc) is 3.61. The van der Waals surface area contributed by atoms with Crippen molar-refractivity contribution in [1.29, 1.82) is 10.7 Å². The van der Waals surface area contributed by atoms with Gasteiger partial charge in [0.1, 0.15) is 11.9 Å². The Morgan fingerprint density at radius 1 is 0.829 bits per heavy atom. The molecule has 0 saturated heterocycles.